The van der Waals surface area contributed by atoms with Crippen LogP contribution in [0.15, 0.2) is 54.2 Å². The Labute approximate surface area is 172 Å². The van der Waals surface area contributed by atoms with Crippen molar-refractivity contribution in [1.82, 2.24) is 15.0 Å². The van der Waals surface area contributed by atoms with Gasteiger partial charge in [-0.25, -0.2) is 9.78 Å². The second-order valence-electron chi connectivity index (χ2n) is 5.87. The molecule has 0 aliphatic carbocycles. The maximum Gasteiger partial charge on any atom is 0.349 e. The quantitative estimate of drug-likeness (QED) is 0.569. The zero-order chi connectivity index (χ0) is 20.9. The van der Waals surface area contributed by atoms with Crippen LogP contribution in [-0.2, 0) is 20.9 Å². The van der Waals surface area contributed by atoms with E-state index in [4.69, 9.17) is 9.02 Å². The number of hydrogen-bond donors (Lipinski definition) is 1. The van der Waals surface area contributed by atoms with E-state index in [2.05, 4.69) is 15.3 Å². The molecule has 0 unspecified atom stereocenters. The molecule has 11 heteroatoms. The Kier molecular flexibility index (Phi) is 6.42. The predicted molar refractivity (Wildman–Crippen MR) is 109 cm³/mol. The molecule has 0 atom stereocenters. The highest BCUT2D eigenvalue weighted by Crippen LogP contribution is 2.25. The van der Waals surface area contributed by atoms with E-state index >= 15 is 0 Å². The number of aromatic nitrogens is 2. The van der Waals surface area contributed by atoms with Gasteiger partial charge in [-0.1, -0.05) is 12.1 Å². The Morgan fingerprint density at radius 3 is 2.48 bits per heavy atom. The van der Waals surface area contributed by atoms with Crippen molar-refractivity contribution in [2.75, 3.05) is 18.7 Å². The molecule has 29 heavy (non-hydrogen) atoms. The number of carbonyl (C=O) groups excluding carboxylic acids is 1. The minimum Gasteiger partial charge on any atom is -0.497 e. The van der Waals surface area contributed by atoms with E-state index < -0.39 is 16.1 Å². The Morgan fingerprint density at radius 1 is 1.17 bits per heavy atom. The minimum absolute atomic E-state index is 0.0918. The van der Waals surface area contributed by atoms with Crippen LogP contribution in [0.25, 0.3) is 11.3 Å². The molecule has 2 heterocycles. The largest absolute Gasteiger partial charge is 0.497 e. The number of thiazole rings is 1. The molecular weight excluding hydrogens is 416 g/mol. The molecule has 152 valence electrons. The van der Waals surface area contributed by atoms with Gasteiger partial charge in [-0.2, -0.15) is 13.5 Å². The maximum absolute atomic E-state index is 12.6. The van der Waals surface area contributed by atoms with E-state index in [1.165, 1.54) is 18.4 Å². The molecule has 0 saturated heterocycles. The van der Waals surface area contributed by atoms with Crippen molar-refractivity contribution in [3.8, 4) is 17.0 Å². The van der Waals surface area contributed by atoms with E-state index in [1.54, 1.807) is 54.2 Å². The van der Waals surface area contributed by atoms with Crippen molar-refractivity contribution >= 4 is 32.6 Å². The van der Waals surface area contributed by atoms with E-state index in [1.807, 2.05) is 0 Å². The van der Waals surface area contributed by atoms with Crippen molar-refractivity contribution in [3.05, 3.63) is 59.7 Å². The second kappa shape index (κ2) is 8.99. The van der Waals surface area contributed by atoms with Crippen LogP contribution in [0.3, 0.4) is 0 Å². The van der Waals surface area contributed by atoms with Gasteiger partial charge in [-0.15, -0.1) is 15.6 Å². The monoisotopic (exact) mass is 434 g/mol. The fourth-order valence-electron chi connectivity index (χ4n) is 2.33. The minimum atomic E-state index is -3.91. The Bertz CT molecular complexity index is 1070. The number of hydrogen-bond acceptors (Lipinski definition) is 8. The van der Waals surface area contributed by atoms with Crippen LogP contribution < -0.4 is 10.1 Å². The maximum atomic E-state index is 12.6. The summed E-state index contributed by atoms with van der Waals surface area (Å²) in [6.45, 7) is -0.0918. The lowest BCUT2D eigenvalue weighted by Gasteiger charge is -2.20. The molecule has 2 aromatic heterocycles. The molecule has 9 nitrogen and oxygen atoms in total. The highest BCUT2D eigenvalue weighted by atomic mass is 32.2. The van der Waals surface area contributed by atoms with Crippen LogP contribution in [-0.4, -0.2) is 42.8 Å². The summed E-state index contributed by atoms with van der Waals surface area (Å²) in [7, 11) is -2.38. The van der Waals surface area contributed by atoms with Gasteiger partial charge in [0.05, 0.1) is 25.6 Å². The number of hydroxylamine groups is 2. The SMILES string of the molecule is COc1ccc(CN(OS(C)(=O)=O)C(=O)Nc2nc(-c3ccncc3)cs2)cc1. The summed E-state index contributed by atoms with van der Waals surface area (Å²) in [5.74, 6) is 0.639. The van der Waals surface area contributed by atoms with E-state index in [0.29, 0.717) is 22.1 Å². The van der Waals surface area contributed by atoms with Crippen molar-refractivity contribution < 1.29 is 22.2 Å². The molecule has 2 amide bonds. The first kappa shape index (κ1) is 20.7. The second-order valence-corrected chi connectivity index (χ2v) is 8.28. The number of nitrogens with one attached hydrogen (secondary N) is 1. The van der Waals surface area contributed by atoms with Gasteiger partial charge in [-0.3, -0.25) is 10.3 Å². The summed E-state index contributed by atoms with van der Waals surface area (Å²) in [6.07, 6.45) is 4.15. The molecule has 1 N–H and O–H groups in total. The highest BCUT2D eigenvalue weighted by molar-refractivity contribution is 7.85. The van der Waals surface area contributed by atoms with E-state index in [9.17, 15) is 13.2 Å². The molecule has 0 bridgehead atoms. The van der Waals surface area contributed by atoms with Gasteiger partial charge < -0.3 is 4.74 Å². The van der Waals surface area contributed by atoms with Crippen molar-refractivity contribution in [2.45, 2.75) is 6.54 Å². The van der Waals surface area contributed by atoms with Crippen LogP contribution in [0.5, 0.6) is 5.75 Å². The molecule has 0 fully saturated rings. The Hall–Kier alpha value is -3.02. The van der Waals surface area contributed by atoms with Gasteiger partial charge >= 0.3 is 6.03 Å². The third-order valence-electron chi connectivity index (χ3n) is 3.63. The standard InChI is InChI=1S/C18H18N4O5S2/c1-26-15-5-3-13(4-6-15)11-22(27-29(2,24)25)18(23)21-17-20-16(12-28-17)14-7-9-19-10-8-14/h3-10,12H,11H2,1-2H3,(H,20,21,23). The van der Waals surface area contributed by atoms with Crippen LogP contribution >= 0.6 is 11.3 Å². The first-order valence-electron chi connectivity index (χ1n) is 8.31. The van der Waals surface area contributed by atoms with Crippen molar-refractivity contribution in [1.29, 1.82) is 0 Å². The average Bonchev–Trinajstić information content (AvgIpc) is 3.16. The van der Waals surface area contributed by atoms with Crippen LogP contribution in [0.2, 0.25) is 0 Å². The molecule has 3 rings (SSSR count). The summed E-state index contributed by atoms with van der Waals surface area (Å²) in [6, 6.07) is 9.64. The first-order valence-corrected chi connectivity index (χ1v) is 11.0. The summed E-state index contributed by atoms with van der Waals surface area (Å²) >= 11 is 1.21. The molecule has 0 saturated carbocycles. The molecule has 0 aliphatic heterocycles. The average molecular weight is 434 g/mol. The van der Waals surface area contributed by atoms with Crippen molar-refractivity contribution in [2.24, 2.45) is 0 Å². The van der Waals surface area contributed by atoms with Gasteiger partial charge in [0.15, 0.2) is 5.13 Å². The van der Waals surface area contributed by atoms with Gasteiger partial charge in [0.2, 0.25) is 0 Å². The Balaban J connectivity index is 1.75. The van der Waals surface area contributed by atoms with E-state index in [-0.39, 0.29) is 6.54 Å². The number of amides is 2. The van der Waals surface area contributed by atoms with Gasteiger partial charge in [0, 0.05) is 23.3 Å². The molecule has 0 aliphatic rings. The molecule has 1 aromatic carbocycles. The number of pyridine rings is 1. The number of ether oxygens (including phenoxy) is 1. The zero-order valence-corrected chi connectivity index (χ0v) is 17.2. The lowest BCUT2D eigenvalue weighted by atomic mass is 10.2. The Morgan fingerprint density at radius 2 is 1.86 bits per heavy atom. The fraction of sp³-hybridized carbons (Fsp3) is 0.167. The van der Waals surface area contributed by atoms with Gasteiger partial charge in [-0.05, 0) is 29.8 Å². The summed E-state index contributed by atoms with van der Waals surface area (Å²) in [4.78, 5) is 20.9. The summed E-state index contributed by atoms with van der Waals surface area (Å²) in [5.41, 5.74) is 2.17. The smallest absolute Gasteiger partial charge is 0.349 e. The predicted octanol–water partition coefficient (Wildman–Crippen LogP) is 3.14. The number of carbonyl (C=O) groups is 1. The molecule has 3 aromatic rings. The first-order chi connectivity index (χ1) is 13.8. The van der Waals surface area contributed by atoms with Crippen LogP contribution in [0.1, 0.15) is 5.56 Å². The van der Waals surface area contributed by atoms with Crippen molar-refractivity contribution in [3.63, 3.8) is 0 Å². The van der Waals surface area contributed by atoms with E-state index in [0.717, 1.165) is 16.9 Å². The number of rotatable bonds is 7. The number of urea groups is 1. The zero-order valence-electron chi connectivity index (χ0n) is 15.6. The van der Waals surface area contributed by atoms with Crippen LogP contribution in [0, 0.1) is 0 Å². The fourth-order valence-corrected chi connectivity index (χ4v) is 3.49. The normalized spacial score (nSPS) is 11.1. The van der Waals surface area contributed by atoms with Crippen LogP contribution in [0.4, 0.5) is 9.93 Å². The lowest BCUT2D eigenvalue weighted by Crippen LogP contribution is -2.36. The summed E-state index contributed by atoms with van der Waals surface area (Å²) < 4.78 is 33.1. The lowest BCUT2D eigenvalue weighted by molar-refractivity contribution is -0.00620. The highest BCUT2D eigenvalue weighted by Gasteiger charge is 2.21. The number of benzene rings is 1. The summed E-state index contributed by atoms with van der Waals surface area (Å²) in [5, 5.41) is 5.37. The van der Waals surface area contributed by atoms with Gasteiger partial charge in [0.25, 0.3) is 10.1 Å². The number of anilines is 1. The third-order valence-corrected chi connectivity index (χ3v) is 4.84. The third kappa shape index (κ3) is 5.98. The molecule has 0 radical (unpaired) electrons. The topological polar surface area (TPSA) is 111 Å². The molecular formula is C18H18N4O5S2. The molecule has 0 spiro atoms. The van der Waals surface area contributed by atoms with Gasteiger partial charge in [0.1, 0.15) is 5.75 Å². The number of nitrogens with zero attached hydrogens (tertiary/aromatic N) is 3. The number of methoxy groups -OCH3 is 1.